The molecule has 0 saturated carbocycles. The van der Waals surface area contributed by atoms with Crippen LogP contribution in [0.4, 0.5) is 11.4 Å². The van der Waals surface area contributed by atoms with Crippen molar-refractivity contribution in [2.45, 2.75) is 32.6 Å². The summed E-state index contributed by atoms with van der Waals surface area (Å²) in [6.45, 7) is 2.32. The first-order chi connectivity index (χ1) is 18.2. The molecular formula is C29H31ClN2O6. The molecule has 0 aromatic heterocycles. The maximum Gasteiger partial charge on any atom is 0.303 e. The molecule has 2 N–H and O–H groups in total. The quantitative estimate of drug-likeness (QED) is 0.266. The van der Waals surface area contributed by atoms with Crippen LogP contribution < -0.4 is 19.7 Å². The second-order valence-corrected chi connectivity index (χ2v) is 9.20. The molecule has 0 fully saturated rings. The highest BCUT2D eigenvalue weighted by Gasteiger charge is 2.22. The molecule has 0 atom stereocenters. The lowest BCUT2D eigenvalue weighted by Crippen LogP contribution is -2.27. The zero-order valence-corrected chi connectivity index (χ0v) is 22.4. The second-order valence-electron chi connectivity index (χ2n) is 8.76. The van der Waals surface area contributed by atoms with Crippen molar-refractivity contribution in [3.05, 3.63) is 82.4 Å². The molecule has 0 unspecified atom stereocenters. The number of methoxy groups -OCH3 is 1. The molecule has 8 nitrogen and oxygen atoms in total. The number of halogens is 1. The lowest BCUT2D eigenvalue weighted by Gasteiger charge is -2.22. The van der Waals surface area contributed by atoms with Gasteiger partial charge >= 0.3 is 5.97 Å². The fourth-order valence-corrected chi connectivity index (χ4v) is 3.92. The Labute approximate surface area is 227 Å². The predicted molar refractivity (Wildman–Crippen MR) is 148 cm³/mol. The van der Waals surface area contributed by atoms with Gasteiger partial charge in [-0.15, -0.1) is 0 Å². The molecule has 3 aromatic carbocycles. The molecule has 3 rings (SSSR count). The van der Waals surface area contributed by atoms with E-state index >= 15 is 0 Å². The number of ether oxygens (including phenoxy) is 2. The summed E-state index contributed by atoms with van der Waals surface area (Å²) >= 11 is 6.17. The Morgan fingerprint density at radius 1 is 0.947 bits per heavy atom. The maximum atomic E-state index is 13.4. The van der Waals surface area contributed by atoms with Crippen molar-refractivity contribution in [3.63, 3.8) is 0 Å². The third-order valence-corrected chi connectivity index (χ3v) is 6.12. The van der Waals surface area contributed by atoms with Crippen molar-refractivity contribution in [1.82, 2.24) is 0 Å². The Morgan fingerprint density at radius 2 is 1.68 bits per heavy atom. The fraction of sp³-hybridized carbons (Fsp3) is 0.276. The summed E-state index contributed by atoms with van der Waals surface area (Å²) in [6, 6.07) is 17.1. The first-order valence-corrected chi connectivity index (χ1v) is 12.6. The molecule has 9 heteroatoms. The van der Waals surface area contributed by atoms with Gasteiger partial charge in [-0.25, -0.2) is 0 Å². The molecule has 38 heavy (non-hydrogen) atoms. The number of nitrogens with zero attached hydrogens (tertiary/aromatic N) is 1. The molecule has 0 aliphatic rings. The number of carbonyl (C=O) groups excluding carboxylic acids is 2. The smallest absolute Gasteiger partial charge is 0.303 e. The molecule has 0 aliphatic carbocycles. The topological polar surface area (TPSA) is 105 Å². The van der Waals surface area contributed by atoms with Crippen LogP contribution in [0.3, 0.4) is 0 Å². The van der Waals surface area contributed by atoms with Crippen LogP contribution in [0, 0.1) is 6.92 Å². The summed E-state index contributed by atoms with van der Waals surface area (Å²) in [5, 5.41) is 12.0. The first kappa shape index (κ1) is 28.5. The van der Waals surface area contributed by atoms with Crippen LogP contribution in [0.15, 0.2) is 60.7 Å². The van der Waals surface area contributed by atoms with E-state index < -0.39 is 5.97 Å². The fourth-order valence-electron chi connectivity index (χ4n) is 3.76. The molecule has 0 radical (unpaired) electrons. The standard InChI is InChI=1S/C29H31ClN2O6/c1-19-8-12-22(13-9-19)31-28(35)20-10-14-23(25(17-20)37-3)29(36)32(2)24-15-11-21(30)18-26(24)38-16-6-4-5-7-27(33)34/h8-15,17-18H,4-7,16H2,1-3H3,(H,31,35)(H,33,34). The molecule has 0 saturated heterocycles. The number of carboxylic acid groups (broad SMARTS) is 1. The van der Waals surface area contributed by atoms with Gasteiger partial charge in [0.25, 0.3) is 11.8 Å². The zero-order valence-electron chi connectivity index (χ0n) is 21.6. The molecule has 200 valence electrons. The van der Waals surface area contributed by atoms with Crippen molar-refractivity contribution >= 4 is 40.8 Å². The van der Waals surface area contributed by atoms with Crippen LogP contribution >= 0.6 is 11.6 Å². The summed E-state index contributed by atoms with van der Waals surface area (Å²) in [4.78, 5) is 38.3. The highest BCUT2D eigenvalue weighted by molar-refractivity contribution is 6.30. The third kappa shape index (κ3) is 7.73. The summed E-state index contributed by atoms with van der Waals surface area (Å²) < 4.78 is 11.3. The van der Waals surface area contributed by atoms with Gasteiger partial charge in [0.2, 0.25) is 0 Å². The molecular weight excluding hydrogens is 508 g/mol. The van der Waals surface area contributed by atoms with E-state index in [0.717, 1.165) is 5.56 Å². The van der Waals surface area contributed by atoms with E-state index in [-0.39, 0.29) is 29.5 Å². The van der Waals surface area contributed by atoms with E-state index in [4.69, 9.17) is 26.2 Å². The van der Waals surface area contributed by atoms with Crippen LogP contribution in [-0.4, -0.2) is 43.7 Å². The number of nitrogens with one attached hydrogen (secondary N) is 1. The zero-order chi connectivity index (χ0) is 27.7. The number of hydrogen-bond acceptors (Lipinski definition) is 5. The van der Waals surface area contributed by atoms with E-state index in [1.807, 2.05) is 31.2 Å². The summed E-state index contributed by atoms with van der Waals surface area (Å²) in [7, 11) is 3.05. The number of carbonyl (C=O) groups is 3. The normalized spacial score (nSPS) is 10.5. The Morgan fingerprint density at radius 3 is 2.37 bits per heavy atom. The molecule has 0 aliphatic heterocycles. The predicted octanol–water partition coefficient (Wildman–Crippen LogP) is 6.21. The SMILES string of the molecule is COc1cc(C(=O)Nc2ccc(C)cc2)ccc1C(=O)N(C)c1ccc(Cl)cc1OCCCCCC(=O)O. The van der Waals surface area contributed by atoms with E-state index in [0.29, 0.717) is 53.6 Å². The highest BCUT2D eigenvalue weighted by atomic mass is 35.5. The number of anilines is 2. The minimum absolute atomic E-state index is 0.119. The van der Waals surface area contributed by atoms with Gasteiger partial charge in [-0.3, -0.25) is 14.4 Å². The Kier molecular flexibility index (Phi) is 10.1. The largest absolute Gasteiger partial charge is 0.496 e. The number of amides is 2. The van der Waals surface area contributed by atoms with Gasteiger partial charge in [-0.1, -0.05) is 29.3 Å². The van der Waals surface area contributed by atoms with Crippen molar-refractivity contribution in [1.29, 1.82) is 0 Å². The van der Waals surface area contributed by atoms with Crippen molar-refractivity contribution < 1.29 is 29.0 Å². The minimum atomic E-state index is -0.821. The van der Waals surface area contributed by atoms with E-state index in [9.17, 15) is 14.4 Å². The molecule has 3 aromatic rings. The number of unbranched alkanes of at least 4 members (excludes halogenated alkanes) is 2. The van der Waals surface area contributed by atoms with Crippen molar-refractivity contribution in [3.8, 4) is 11.5 Å². The van der Waals surface area contributed by atoms with Crippen LogP contribution in [-0.2, 0) is 4.79 Å². The van der Waals surface area contributed by atoms with Crippen LogP contribution in [0.2, 0.25) is 5.02 Å². The van der Waals surface area contributed by atoms with E-state index in [1.54, 1.807) is 37.4 Å². The Hall–Kier alpha value is -4.04. The van der Waals surface area contributed by atoms with Crippen molar-refractivity contribution in [2.75, 3.05) is 31.0 Å². The van der Waals surface area contributed by atoms with Gasteiger partial charge in [0.15, 0.2) is 0 Å². The summed E-state index contributed by atoms with van der Waals surface area (Å²) in [5.74, 6) is -0.816. The van der Waals surface area contributed by atoms with Gasteiger partial charge in [0, 0.05) is 35.8 Å². The van der Waals surface area contributed by atoms with Crippen LogP contribution in [0.1, 0.15) is 52.0 Å². The highest BCUT2D eigenvalue weighted by Crippen LogP contribution is 2.33. The van der Waals surface area contributed by atoms with E-state index in [1.165, 1.54) is 18.1 Å². The summed E-state index contributed by atoms with van der Waals surface area (Å²) in [5.41, 5.74) is 2.88. The van der Waals surface area contributed by atoms with Gasteiger partial charge in [-0.05, 0) is 68.7 Å². The van der Waals surface area contributed by atoms with Gasteiger partial charge < -0.3 is 24.8 Å². The molecule has 0 spiro atoms. The average molecular weight is 539 g/mol. The van der Waals surface area contributed by atoms with Gasteiger partial charge in [0.1, 0.15) is 11.5 Å². The first-order valence-electron chi connectivity index (χ1n) is 12.2. The number of benzene rings is 3. The number of carboxylic acids is 1. The average Bonchev–Trinajstić information content (AvgIpc) is 2.90. The molecule has 0 bridgehead atoms. The minimum Gasteiger partial charge on any atom is -0.496 e. The number of rotatable bonds is 12. The Balaban J connectivity index is 1.73. The lowest BCUT2D eigenvalue weighted by atomic mass is 10.1. The number of aliphatic carboxylic acids is 1. The number of aryl methyl sites for hydroxylation is 1. The van der Waals surface area contributed by atoms with Crippen LogP contribution in [0.5, 0.6) is 11.5 Å². The van der Waals surface area contributed by atoms with Gasteiger partial charge in [-0.2, -0.15) is 0 Å². The van der Waals surface area contributed by atoms with Crippen LogP contribution in [0.25, 0.3) is 0 Å². The van der Waals surface area contributed by atoms with E-state index in [2.05, 4.69) is 5.32 Å². The molecule has 2 amide bonds. The Bertz CT molecular complexity index is 1290. The second kappa shape index (κ2) is 13.5. The maximum absolute atomic E-state index is 13.4. The third-order valence-electron chi connectivity index (χ3n) is 5.88. The number of hydrogen-bond donors (Lipinski definition) is 2. The summed E-state index contributed by atoms with van der Waals surface area (Å²) in [6.07, 6.45) is 2.06. The van der Waals surface area contributed by atoms with Crippen molar-refractivity contribution in [2.24, 2.45) is 0 Å². The monoisotopic (exact) mass is 538 g/mol. The molecule has 0 heterocycles. The lowest BCUT2D eigenvalue weighted by molar-refractivity contribution is -0.137. The van der Waals surface area contributed by atoms with Gasteiger partial charge in [0.05, 0.1) is 25.0 Å².